The van der Waals surface area contributed by atoms with Crippen molar-refractivity contribution in [3.05, 3.63) is 0 Å². The van der Waals surface area contributed by atoms with Crippen LogP contribution in [-0.2, 0) is 52.4 Å². The molecule has 5 atom stereocenters. The van der Waals surface area contributed by atoms with E-state index in [-0.39, 0.29) is 19.6 Å². The van der Waals surface area contributed by atoms with Gasteiger partial charge >= 0.3 is 17.9 Å². The highest BCUT2D eigenvalue weighted by atomic mass is 32.2. The maximum absolute atomic E-state index is 11.4. The first-order chi connectivity index (χ1) is 12.9. The van der Waals surface area contributed by atoms with Crippen molar-refractivity contribution in [3.63, 3.8) is 0 Å². The van der Waals surface area contributed by atoms with E-state index in [0.717, 1.165) is 6.26 Å². The van der Waals surface area contributed by atoms with Crippen molar-refractivity contribution in [2.24, 2.45) is 0 Å². The fraction of sp³-hybridized carbons (Fsp3) is 0.812. The van der Waals surface area contributed by atoms with E-state index in [1.165, 1.54) is 27.7 Å². The Labute approximate surface area is 163 Å². The molecule has 0 N–H and O–H groups in total. The third-order valence-electron chi connectivity index (χ3n) is 3.41. The Bertz CT molecular complexity index is 660. The summed E-state index contributed by atoms with van der Waals surface area (Å²) in [7, 11) is -3.66. The summed E-state index contributed by atoms with van der Waals surface area (Å²) in [5.41, 5.74) is 0. The van der Waals surface area contributed by atoms with Gasteiger partial charge in [0.1, 0.15) is 18.8 Å². The van der Waals surface area contributed by atoms with Crippen molar-refractivity contribution < 1.29 is 50.7 Å². The molecule has 11 nitrogen and oxygen atoms in total. The number of ether oxygens (including phenoxy) is 5. The monoisotopic (exact) mass is 426 g/mol. The average molecular weight is 426 g/mol. The molecule has 28 heavy (non-hydrogen) atoms. The molecular weight excluding hydrogens is 400 g/mol. The highest BCUT2D eigenvalue weighted by Gasteiger charge is 2.44. The standard InChI is InChI=1S/C16H26O11S/c1-9(27-28(5,20)21)7-23-15-6-13(24-11(3)18)16(25-12(4)19)14(26-15)8-22-10(2)17/h9,13-16H,6-8H2,1-5H3/t9-,13-,14-,15-,16-/m1/s1. The Morgan fingerprint density at radius 3 is 2.18 bits per heavy atom. The molecule has 0 spiro atoms. The number of rotatable bonds is 9. The van der Waals surface area contributed by atoms with Gasteiger partial charge in [-0.15, -0.1) is 0 Å². The molecule has 1 aliphatic rings. The molecule has 0 aromatic heterocycles. The molecule has 0 saturated carbocycles. The molecule has 162 valence electrons. The van der Waals surface area contributed by atoms with Crippen LogP contribution in [0.15, 0.2) is 0 Å². The molecule has 0 aliphatic carbocycles. The zero-order valence-electron chi connectivity index (χ0n) is 16.4. The molecule has 1 rings (SSSR count). The fourth-order valence-electron chi connectivity index (χ4n) is 2.57. The lowest BCUT2D eigenvalue weighted by Gasteiger charge is -2.40. The normalized spacial score (nSPS) is 26.2. The van der Waals surface area contributed by atoms with E-state index in [0.29, 0.717) is 0 Å². The summed E-state index contributed by atoms with van der Waals surface area (Å²) in [6.07, 6.45) is -3.68. The van der Waals surface area contributed by atoms with Crippen LogP contribution in [0, 0.1) is 0 Å². The first-order valence-corrected chi connectivity index (χ1v) is 10.3. The smallest absolute Gasteiger partial charge is 0.303 e. The summed E-state index contributed by atoms with van der Waals surface area (Å²) in [6.45, 7) is 4.67. The maximum atomic E-state index is 11.4. The number of esters is 3. The Hall–Kier alpha value is -1.76. The van der Waals surface area contributed by atoms with Gasteiger partial charge in [-0.3, -0.25) is 18.6 Å². The average Bonchev–Trinajstić information content (AvgIpc) is 2.50. The molecular formula is C16H26O11S. The van der Waals surface area contributed by atoms with E-state index < -0.39 is 58.7 Å². The first kappa shape index (κ1) is 24.3. The molecule has 12 heteroatoms. The number of hydrogen-bond donors (Lipinski definition) is 0. The minimum Gasteiger partial charge on any atom is -0.463 e. The lowest BCUT2D eigenvalue weighted by atomic mass is 10.0. The quantitative estimate of drug-likeness (QED) is 0.277. The first-order valence-electron chi connectivity index (χ1n) is 8.50. The van der Waals surface area contributed by atoms with Gasteiger partial charge in [-0.05, 0) is 6.92 Å². The van der Waals surface area contributed by atoms with E-state index in [4.69, 9.17) is 27.9 Å². The van der Waals surface area contributed by atoms with Gasteiger partial charge in [0.15, 0.2) is 12.4 Å². The van der Waals surface area contributed by atoms with Crippen molar-refractivity contribution in [2.45, 2.75) is 64.8 Å². The van der Waals surface area contributed by atoms with Crippen LogP contribution in [0.1, 0.15) is 34.1 Å². The van der Waals surface area contributed by atoms with Crippen molar-refractivity contribution in [3.8, 4) is 0 Å². The lowest BCUT2D eigenvalue weighted by Crippen LogP contribution is -2.54. The third-order valence-corrected chi connectivity index (χ3v) is 4.09. The van der Waals surface area contributed by atoms with Crippen LogP contribution in [0.25, 0.3) is 0 Å². The molecule has 0 unspecified atom stereocenters. The van der Waals surface area contributed by atoms with Crippen LogP contribution in [-0.4, -0.2) is 76.5 Å². The van der Waals surface area contributed by atoms with Gasteiger partial charge in [-0.2, -0.15) is 8.42 Å². The van der Waals surface area contributed by atoms with Gasteiger partial charge in [0.05, 0.1) is 19.0 Å². The second kappa shape index (κ2) is 10.7. The van der Waals surface area contributed by atoms with E-state index in [2.05, 4.69) is 0 Å². The van der Waals surface area contributed by atoms with Crippen molar-refractivity contribution in [1.82, 2.24) is 0 Å². The van der Waals surface area contributed by atoms with Crippen LogP contribution < -0.4 is 0 Å². The number of carbonyl (C=O) groups excluding carboxylic acids is 3. The van der Waals surface area contributed by atoms with Crippen LogP contribution >= 0.6 is 0 Å². The number of hydrogen-bond acceptors (Lipinski definition) is 11. The SMILES string of the molecule is CC(=O)OC[C@H]1O[C@@H](OC[C@@H](C)OS(C)(=O)=O)C[C@@H](OC(C)=O)[C@H]1OC(C)=O. The zero-order valence-corrected chi connectivity index (χ0v) is 17.2. The largest absolute Gasteiger partial charge is 0.463 e. The summed E-state index contributed by atoms with van der Waals surface area (Å²) in [6, 6.07) is 0. The van der Waals surface area contributed by atoms with Gasteiger partial charge in [-0.1, -0.05) is 0 Å². The predicted molar refractivity (Wildman–Crippen MR) is 92.4 cm³/mol. The molecule has 0 aromatic rings. The van der Waals surface area contributed by atoms with Gasteiger partial charge < -0.3 is 23.7 Å². The second-order valence-corrected chi connectivity index (χ2v) is 7.91. The molecule has 1 saturated heterocycles. The zero-order chi connectivity index (χ0) is 21.5. The third kappa shape index (κ3) is 9.44. The highest BCUT2D eigenvalue weighted by molar-refractivity contribution is 7.86. The summed E-state index contributed by atoms with van der Waals surface area (Å²) in [5, 5.41) is 0. The Morgan fingerprint density at radius 2 is 1.68 bits per heavy atom. The maximum Gasteiger partial charge on any atom is 0.303 e. The number of carbonyl (C=O) groups is 3. The van der Waals surface area contributed by atoms with Crippen molar-refractivity contribution in [1.29, 1.82) is 0 Å². The van der Waals surface area contributed by atoms with Crippen molar-refractivity contribution >= 4 is 28.0 Å². The topological polar surface area (TPSA) is 141 Å². The van der Waals surface area contributed by atoms with Crippen LogP contribution in [0.4, 0.5) is 0 Å². The molecule has 1 fully saturated rings. The summed E-state index contributed by atoms with van der Waals surface area (Å²) in [5.74, 6) is -1.82. The fourth-order valence-corrected chi connectivity index (χ4v) is 3.23. The van der Waals surface area contributed by atoms with Crippen LogP contribution in [0.2, 0.25) is 0 Å². The highest BCUT2D eigenvalue weighted by Crippen LogP contribution is 2.27. The van der Waals surface area contributed by atoms with E-state index >= 15 is 0 Å². The van der Waals surface area contributed by atoms with Gasteiger partial charge in [0, 0.05) is 27.2 Å². The minimum absolute atomic E-state index is 0.0136. The molecule has 0 amide bonds. The van der Waals surface area contributed by atoms with E-state index in [1.54, 1.807) is 0 Å². The van der Waals surface area contributed by atoms with E-state index in [9.17, 15) is 22.8 Å². The summed E-state index contributed by atoms with van der Waals surface area (Å²) < 4.78 is 53.6. The van der Waals surface area contributed by atoms with Gasteiger partial charge in [0.2, 0.25) is 0 Å². The summed E-state index contributed by atoms with van der Waals surface area (Å²) >= 11 is 0. The van der Waals surface area contributed by atoms with Crippen molar-refractivity contribution in [2.75, 3.05) is 19.5 Å². The molecule has 1 aliphatic heterocycles. The van der Waals surface area contributed by atoms with Gasteiger partial charge in [-0.25, -0.2) is 0 Å². The van der Waals surface area contributed by atoms with E-state index in [1.807, 2.05) is 0 Å². The molecule has 0 aromatic carbocycles. The van der Waals surface area contributed by atoms with Crippen LogP contribution in [0.5, 0.6) is 0 Å². The molecule has 1 heterocycles. The Kier molecular flexibility index (Phi) is 9.27. The predicted octanol–water partition coefficient (Wildman–Crippen LogP) is -0.0908. The van der Waals surface area contributed by atoms with Crippen LogP contribution in [0.3, 0.4) is 0 Å². The lowest BCUT2D eigenvalue weighted by molar-refractivity contribution is -0.269. The molecule has 0 radical (unpaired) electrons. The van der Waals surface area contributed by atoms with Gasteiger partial charge in [0.25, 0.3) is 10.1 Å². The minimum atomic E-state index is -3.66. The Morgan fingerprint density at radius 1 is 1.07 bits per heavy atom. The molecule has 0 bridgehead atoms. The second-order valence-electron chi connectivity index (χ2n) is 6.31. The summed E-state index contributed by atoms with van der Waals surface area (Å²) in [4.78, 5) is 34.0. The Balaban J connectivity index is 2.87.